The second-order valence-electron chi connectivity index (χ2n) is 7.56. The zero-order chi connectivity index (χ0) is 19.3. The van der Waals surface area contributed by atoms with Crippen molar-refractivity contribution < 1.29 is 9.84 Å². The van der Waals surface area contributed by atoms with Crippen molar-refractivity contribution in [1.82, 2.24) is 20.3 Å². The molecule has 6 nitrogen and oxygen atoms in total. The van der Waals surface area contributed by atoms with Gasteiger partial charge in [-0.15, -0.1) is 16.4 Å². The summed E-state index contributed by atoms with van der Waals surface area (Å²) in [4.78, 5) is 1.03. The third kappa shape index (κ3) is 3.07. The van der Waals surface area contributed by atoms with Crippen molar-refractivity contribution in [1.29, 1.82) is 0 Å². The van der Waals surface area contributed by atoms with Crippen LogP contribution in [0.3, 0.4) is 0 Å². The van der Waals surface area contributed by atoms with Crippen LogP contribution in [0.1, 0.15) is 52.7 Å². The molecule has 1 saturated heterocycles. The van der Waals surface area contributed by atoms with Crippen LogP contribution in [0, 0.1) is 0 Å². The van der Waals surface area contributed by atoms with Crippen LogP contribution in [0.15, 0.2) is 42.6 Å². The molecule has 0 bridgehead atoms. The molecule has 1 fully saturated rings. The minimum absolute atomic E-state index is 0.0170. The highest BCUT2D eigenvalue weighted by Crippen LogP contribution is 2.53. The first-order valence-electron chi connectivity index (χ1n) is 9.33. The van der Waals surface area contributed by atoms with E-state index >= 15 is 0 Å². The topological polar surface area (TPSA) is 72.2 Å². The lowest BCUT2D eigenvalue weighted by Gasteiger charge is -2.47. The summed E-state index contributed by atoms with van der Waals surface area (Å²) in [5.41, 5.74) is 2.48. The van der Waals surface area contributed by atoms with E-state index in [4.69, 9.17) is 16.3 Å². The number of nitrogens with zero attached hydrogens (tertiary/aromatic N) is 3. The van der Waals surface area contributed by atoms with Gasteiger partial charge in [0.25, 0.3) is 0 Å². The lowest BCUT2D eigenvalue weighted by atomic mass is 9.77. The molecule has 28 heavy (non-hydrogen) atoms. The van der Waals surface area contributed by atoms with E-state index in [1.165, 1.54) is 16.9 Å². The predicted molar refractivity (Wildman–Crippen MR) is 107 cm³/mol. The summed E-state index contributed by atoms with van der Waals surface area (Å²) in [6.07, 6.45) is 2.79. The van der Waals surface area contributed by atoms with Gasteiger partial charge in [0.05, 0.1) is 22.7 Å². The molecule has 2 aliphatic rings. The molecule has 2 N–H and O–H groups in total. The Morgan fingerprint density at radius 2 is 2.07 bits per heavy atom. The summed E-state index contributed by atoms with van der Waals surface area (Å²) < 4.78 is 8.77. The average molecular weight is 417 g/mol. The summed E-state index contributed by atoms with van der Waals surface area (Å²) in [5.74, 6) is 0. The molecular formula is C20H21ClN4O2S. The van der Waals surface area contributed by atoms with Gasteiger partial charge in [0, 0.05) is 42.6 Å². The molecule has 0 unspecified atom stereocenters. The number of benzene rings is 1. The van der Waals surface area contributed by atoms with E-state index in [0.717, 1.165) is 22.6 Å². The number of aliphatic hydroxyl groups excluding tert-OH is 1. The lowest BCUT2D eigenvalue weighted by Crippen LogP contribution is -2.47. The molecule has 2 aliphatic heterocycles. The molecule has 0 aliphatic carbocycles. The summed E-state index contributed by atoms with van der Waals surface area (Å²) in [5, 5.41) is 22.6. The normalized spacial score (nSPS) is 29.8. The molecule has 0 saturated carbocycles. The minimum atomic E-state index is -0.635. The Morgan fingerprint density at radius 3 is 2.82 bits per heavy atom. The Hall–Kier alpha value is -1.77. The van der Waals surface area contributed by atoms with Crippen LogP contribution in [0.5, 0.6) is 0 Å². The molecule has 3 aromatic rings. The number of piperidine rings is 1. The molecule has 146 valence electrons. The standard InChI is InChI=1S/C20H21ClN4O2S/c1-25-10-16(23-24-25)15-9-20(8-14(22-15)12-5-3-2-4-6-12)19-13(7-18(21)28-19)17(26)11-27-20/h2-7,10,14-15,17,22,26H,8-9,11H2,1H3/t14-,15+,17-,20+/m1/s1. The molecule has 5 rings (SSSR count). The SMILES string of the molecule is Cn1cc([C@@H]2C[C@]3(C[C@H](c4ccccc4)N2)OC[C@@H](O)c2cc(Cl)sc23)nn1. The summed E-state index contributed by atoms with van der Waals surface area (Å²) in [7, 11) is 1.87. The van der Waals surface area contributed by atoms with Crippen molar-refractivity contribution in [2.24, 2.45) is 7.05 Å². The molecule has 0 radical (unpaired) electrons. The fraction of sp³-hybridized carbons (Fsp3) is 0.400. The molecule has 1 spiro atoms. The van der Waals surface area contributed by atoms with Crippen molar-refractivity contribution in [2.75, 3.05) is 6.61 Å². The van der Waals surface area contributed by atoms with Gasteiger partial charge in [0.1, 0.15) is 11.7 Å². The Kier molecular flexibility index (Phi) is 4.52. The van der Waals surface area contributed by atoms with Crippen molar-refractivity contribution in [3.05, 3.63) is 68.6 Å². The molecular weight excluding hydrogens is 396 g/mol. The number of aliphatic hydroxyl groups is 1. The molecule has 8 heteroatoms. The number of aryl methyl sites for hydroxylation is 1. The zero-order valence-corrected chi connectivity index (χ0v) is 17.0. The summed E-state index contributed by atoms with van der Waals surface area (Å²) in [6, 6.07) is 12.3. The third-order valence-electron chi connectivity index (χ3n) is 5.67. The van der Waals surface area contributed by atoms with Crippen LogP contribution >= 0.6 is 22.9 Å². The monoisotopic (exact) mass is 416 g/mol. The van der Waals surface area contributed by atoms with E-state index < -0.39 is 11.7 Å². The van der Waals surface area contributed by atoms with Gasteiger partial charge in [0.15, 0.2) is 0 Å². The number of thiophene rings is 1. The first kappa shape index (κ1) is 18.3. The van der Waals surface area contributed by atoms with E-state index in [1.807, 2.05) is 25.4 Å². The van der Waals surface area contributed by atoms with E-state index in [9.17, 15) is 5.11 Å². The number of halogens is 1. The Labute approximate surface area is 172 Å². The van der Waals surface area contributed by atoms with Crippen LogP contribution in [0.25, 0.3) is 0 Å². The van der Waals surface area contributed by atoms with Crippen LogP contribution in [0.2, 0.25) is 4.34 Å². The molecule has 2 aromatic heterocycles. The van der Waals surface area contributed by atoms with Gasteiger partial charge >= 0.3 is 0 Å². The van der Waals surface area contributed by atoms with Crippen molar-refractivity contribution >= 4 is 22.9 Å². The number of hydrogen-bond donors (Lipinski definition) is 2. The first-order valence-corrected chi connectivity index (χ1v) is 10.5. The second-order valence-corrected chi connectivity index (χ2v) is 9.25. The quantitative estimate of drug-likeness (QED) is 0.667. The van der Waals surface area contributed by atoms with Crippen molar-refractivity contribution in [3.63, 3.8) is 0 Å². The lowest BCUT2D eigenvalue weighted by molar-refractivity contribution is -0.131. The highest BCUT2D eigenvalue weighted by Gasteiger charge is 2.49. The maximum Gasteiger partial charge on any atom is 0.106 e. The highest BCUT2D eigenvalue weighted by atomic mass is 35.5. The maximum absolute atomic E-state index is 10.4. The van der Waals surface area contributed by atoms with Gasteiger partial charge in [-0.2, -0.15) is 0 Å². The number of fused-ring (bicyclic) bond motifs is 2. The van der Waals surface area contributed by atoms with Crippen molar-refractivity contribution in [2.45, 2.75) is 36.6 Å². The average Bonchev–Trinajstić information content (AvgIpc) is 3.32. The van der Waals surface area contributed by atoms with Crippen molar-refractivity contribution in [3.8, 4) is 0 Å². The van der Waals surface area contributed by atoms with Crippen LogP contribution in [0.4, 0.5) is 0 Å². The first-order chi connectivity index (χ1) is 13.5. The fourth-order valence-electron chi connectivity index (χ4n) is 4.39. The number of rotatable bonds is 2. The molecule has 4 heterocycles. The molecule has 4 atom stereocenters. The summed E-state index contributed by atoms with van der Waals surface area (Å²) >= 11 is 7.85. The minimum Gasteiger partial charge on any atom is -0.386 e. The van der Waals surface area contributed by atoms with Crippen LogP contribution in [-0.4, -0.2) is 26.7 Å². The van der Waals surface area contributed by atoms with Crippen LogP contribution < -0.4 is 5.32 Å². The van der Waals surface area contributed by atoms with E-state index in [0.29, 0.717) is 10.8 Å². The molecule has 1 aromatic carbocycles. The number of nitrogens with one attached hydrogen (secondary N) is 1. The van der Waals surface area contributed by atoms with E-state index in [-0.39, 0.29) is 18.7 Å². The second kappa shape index (κ2) is 6.93. The van der Waals surface area contributed by atoms with Gasteiger partial charge in [-0.3, -0.25) is 4.68 Å². The molecule has 0 amide bonds. The van der Waals surface area contributed by atoms with E-state index in [2.05, 4.69) is 39.9 Å². The van der Waals surface area contributed by atoms with Gasteiger partial charge in [0.2, 0.25) is 0 Å². The van der Waals surface area contributed by atoms with Crippen LogP contribution in [-0.2, 0) is 17.4 Å². The third-order valence-corrected chi connectivity index (χ3v) is 7.14. The number of ether oxygens (including phenoxy) is 1. The zero-order valence-electron chi connectivity index (χ0n) is 15.4. The number of aromatic nitrogens is 3. The van der Waals surface area contributed by atoms with Gasteiger partial charge in [-0.05, 0) is 11.6 Å². The van der Waals surface area contributed by atoms with Gasteiger partial charge in [-0.25, -0.2) is 0 Å². The predicted octanol–water partition coefficient (Wildman–Crippen LogP) is 3.65. The van der Waals surface area contributed by atoms with E-state index in [1.54, 1.807) is 4.68 Å². The maximum atomic E-state index is 10.4. The fourth-order valence-corrected chi connectivity index (χ4v) is 5.85. The Balaban J connectivity index is 1.60. The van der Waals surface area contributed by atoms with Gasteiger partial charge < -0.3 is 15.2 Å². The Morgan fingerprint density at radius 1 is 1.29 bits per heavy atom. The number of hydrogen-bond acceptors (Lipinski definition) is 6. The van der Waals surface area contributed by atoms with Gasteiger partial charge in [-0.1, -0.05) is 47.1 Å². The largest absolute Gasteiger partial charge is 0.386 e. The smallest absolute Gasteiger partial charge is 0.106 e. The summed E-state index contributed by atoms with van der Waals surface area (Å²) in [6.45, 7) is 0.273. The Bertz CT molecular complexity index is 991. The highest BCUT2D eigenvalue weighted by molar-refractivity contribution is 7.16.